The first-order chi connectivity index (χ1) is 9.45. The van der Waals surface area contributed by atoms with E-state index in [9.17, 15) is 4.79 Å². The molecule has 0 saturated heterocycles. The summed E-state index contributed by atoms with van der Waals surface area (Å²) < 4.78 is 1.77. The van der Waals surface area contributed by atoms with Gasteiger partial charge in [0.2, 0.25) is 5.91 Å². The number of aryl methyl sites for hydroxylation is 2. The summed E-state index contributed by atoms with van der Waals surface area (Å²) in [5.74, 6) is -0.0196. The van der Waals surface area contributed by atoms with E-state index in [1.54, 1.807) is 4.68 Å². The van der Waals surface area contributed by atoms with E-state index in [0.29, 0.717) is 6.54 Å². The molecule has 1 heterocycles. The van der Waals surface area contributed by atoms with Crippen LogP contribution in [-0.4, -0.2) is 52.4 Å². The molecule has 0 aliphatic carbocycles. The number of amides is 1. The molecule has 20 heavy (non-hydrogen) atoms. The van der Waals surface area contributed by atoms with Crippen LogP contribution in [0, 0.1) is 13.8 Å². The van der Waals surface area contributed by atoms with Crippen LogP contribution >= 0.6 is 0 Å². The average molecular weight is 282 g/mol. The number of carbonyl (C=O) groups is 1. The van der Waals surface area contributed by atoms with Gasteiger partial charge in [-0.1, -0.05) is 0 Å². The smallest absolute Gasteiger partial charge is 0.238 e. The van der Waals surface area contributed by atoms with Gasteiger partial charge in [0.05, 0.1) is 23.6 Å². The maximum absolute atomic E-state index is 12.0. The fourth-order valence-electron chi connectivity index (χ4n) is 2.13. The lowest BCUT2D eigenvalue weighted by Gasteiger charge is -2.16. The van der Waals surface area contributed by atoms with Crippen LogP contribution in [0.15, 0.2) is 0 Å². The molecule has 1 amide bonds. The second-order valence-electron chi connectivity index (χ2n) is 5.24. The monoisotopic (exact) mass is 282 g/mol. The average Bonchev–Trinajstić information content (AvgIpc) is 2.61. The number of hydrogen-bond donors (Lipinski definition) is 2. The van der Waals surface area contributed by atoms with Gasteiger partial charge in [-0.25, -0.2) is 0 Å². The van der Waals surface area contributed by atoms with E-state index in [1.807, 2.05) is 32.8 Å². The number of unbranched alkanes of at least 4 members (excludes halogenated alkanes) is 2. The van der Waals surface area contributed by atoms with E-state index in [2.05, 4.69) is 10.4 Å². The van der Waals surface area contributed by atoms with Gasteiger partial charge in [0.25, 0.3) is 0 Å². The Kier molecular flexibility index (Phi) is 6.67. The molecule has 0 saturated carbocycles. The third-order valence-electron chi connectivity index (χ3n) is 3.38. The molecule has 0 atom stereocenters. The van der Waals surface area contributed by atoms with Gasteiger partial charge in [-0.3, -0.25) is 14.4 Å². The minimum Gasteiger partial charge on any atom is -0.396 e. The molecule has 0 unspecified atom stereocenters. The van der Waals surface area contributed by atoms with Crippen LogP contribution in [0.2, 0.25) is 0 Å². The quantitative estimate of drug-likeness (QED) is 0.700. The summed E-state index contributed by atoms with van der Waals surface area (Å²) in [4.78, 5) is 14.0. The van der Waals surface area contributed by atoms with E-state index in [-0.39, 0.29) is 12.5 Å². The van der Waals surface area contributed by atoms with Gasteiger partial charge in [-0.2, -0.15) is 5.10 Å². The summed E-state index contributed by atoms with van der Waals surface area (Å²) in [6, 6.07) is 0. The van der Waals surface area contributed by atoms with Gasteiger partial charge in [-0.15, -0.1) is 0 Å². The number of nitrogens with one attached hydrogen (secondary N) is 1. The van der Waals surface area contributed by atoms with Crippen molar-refractivity contribution in [3.63, 3.8) is 0 Å². The van der Waals surface area contributed by atoms with Crippen molar-refractivity contribution >= 4 is 11.6 Å². The highest BCUT2D eigenvalue weighted by atomic mass is 16.2. The summed E-state index contributed by atoms with van der Waals surface area (Å²) in [7, 11) is 3.80. The predicted molar refractivity (Wildman–Crippen MR) is 79.7 cm³/mol. The molecule has 1 aromatic rings. The lowest BCUT2D eigenvalue weighted by atomic mass is 10.2. The number of hydrogen-bond acceptors (Lipinski definition) is 4. The standard InChI is InChI=1S/C14H26N4O2/c1-11-14(12(2)18(4)16-11)15-13(20)10-17(3)8-6-5-7-9-19/h19H,5-10H2,1-4H3,(H,15,20). The zero-order chi connectivity index (χ0) is 15.1. The maximum atomic E-state index is 12.0. The normalized spacial score (nSPS) is 11.1. The Morgan fingerprint density at radius 1 is 1.35 bits per heavy atom. The molecule has 1 rings (SSSR count). The number of aliphatic hydroxyl groups excluding tert-OH is 1. The van der Waals surface area contributed by atoms with Gasteiger partial charge >= 0.3 is 0 Å². The number of likely N-dealkylation sites (N-methyl/N-ethyl adjacent to an activating group) is 1. The Morgan fingerprint density at radius 2 is 2.05 bits per heavy atom. The van der Waals surface area contributed by atoms with Gasteiger partial charge in [-0.05, 0) is 46.7 Å². The Labute approximate surface area is 120 Å². The van der Waals surface area contributed by atoms with Crippen LogP contribution in [0.1, 0.15) is 30.7 Å². The maximum Gasteiger partial charge on any atom is 0.238 e. The second kappa shape index (κ2) is 8.01. The van der Waals surface area contributed by atoms with Crippen molar-refractivity contribution in [2.45, 2.75) is 33.1 Å². The minimum atomic E-state index is -0.0196. The van der Waals surface area contributed by atoms with Gasteiger partial charge in [0.15, 0.2) is 0 Å². The van der Waals surface area contributed by atoms with Crippen LogP contribution in [0.5, 0.6) is 0 Å². The first-order valence-electron chi connectivity index (χ1n) is 7.05. The molecule has 114 valence electrons. The van der Waals surface area contributed by atoms with Crippen molar-refractivity contribution in [3.05, 3.63) is 11.4 Å². The van der Waals surface area contributed by atoms with Gasteiger partial charge < -0.3 is 10.4 Å². The molecule has 0 bridgehead atoms. The lowest BCUT2D eigenvalue weighted by Crippen LogP contribution is -2.31. The van der Waals surface area contributed by atoms with Crippen molar-refractivity contribution in [2.24, 2.45) is 7.05 Å². The third kappa shape index (κ3) is 4.94. The van der Waals surface area contributed by atoms with Crippen LogP contribution in [-0.2, 0) is 11.8 Å². The van der Waals surface area contributed by atoms with E-state index < -0.39 is 0 Å². The van der Waals surface area contributed by atoms with Crippen LogP contribution < -0.4 is 5.32 Å². The summed E-state index contributed by atoms with van der Waals surface area (Å²) >= 11 is 0. The molecule has 1 aromatic heterocycles. The van der Waals surface area contributed by atoms with Crippen LogP contribution in [0.4, 0.5) is 5.69 Å². The highest BCUT2D eigenvalue weighted by Gasteiger charge is 2.13. The number of rotatable bonds is 8. The molecule has 0 fully saturated rings. The Bertz CT molecular complexity index is 443. The molecule has 6 nitrogen and oxygen atoms in total. The summed E-state index contributed by atoms with van der Waals surface area (Å²) in [5.41, 5.74) is 2.61. The second-order valence-corrected chi connectivity index (χ2v) is 5.24. The van der Waals surface area contributed by atoms with Crippen molar-refractivity contribution in [1.29, 1.82) is 0 Å². The first kappa shape index (κ1) is 16.7. The molecular weight excluding hydrogens is 256 g/mol. The molecule has 0 radical (unpaired) electrons. The topological polar surface area (TPSA) is 70.4 Å². The number of aliphatic hydroxyl groups is 1. The first-order valence-corrected chi connectivity index (χ1v) is 7.05. The molecule has 0 aromatic carbocycles. The number of carbonyl (C=O) groups excluding carboxylic acids is 1. The molecule has 2 N–H and O–H groups in total. The fourth-order valence-corrected chi connectivity index (χ4v) is 2.13. The summed E-state index contributed by atoms with van der Waals surface area (Å²) in [6.45, 7) is 5.30. The molecule has 0 aliphatic rings. The van der Waals surface area contributed by atoms with Gasteiger partial charge in [0.1, 0.15) is 0 Å². The lowest BCUT2D eigenvalue weighted by molar-refractivity contribution is -0.117. The van der Waals surface area contributed by atoms with Crippen molar-refractivity contribution in [3.8, 4) is 0 Å². The molecular formula is C14H26N4O2. The Balaban J connectivity index is 2.39. The molecule has 6 heteroatoms. The van der Waals surface area contributed by atoms with Crippen LogP contribution in [0.3, 0.4) is 0 Å². The number of anilines is 1. The molecule has 0 aliphatic heterocycles. The predicted octanol–water partition coefficient (Wildman–Crippen LogP) is 1.07. The fraction of sp³-hybridized carbons (Fsp3) is 0.714. The zero-order valence-corrected chi connectivity index (χ0v) is 12.9. The van der Waals surface area contributed by atoms with Crippen molar-refractivity contribution in [2.75, 3.05) is 32.1 Å². The Morgan fingerprint density at radius 3 is 2.60 bits per heavy atom. The highest BCUT2D eigenvalue weighted by molar-refractivity contribution is 5.93. The van der Waals surface area contributed by atoms with Crippen molar-refractivity contribution < 1.29 is 9.90 Å². The van der Waals surface area contributed by atoms with E-state index in [0.717, 1.165) is 42.9 Å². The number of nitrogens with zero attached hydrogens (tertiary/aromatic N) is 3. The van der Waals surface area contributed by atoms with Crippen LogP contribution in [0.25, 0.3) is 0 Å². The van der Waals surface area contributed by atoms with E-state index >= 15 is 0 Å². The number of aromatic nitrogens is 2. The third-order valence-corrected chi connectivity index (χ3v) is 3.38. The minimum absolute atomic E-state index is 0.0196. The summed E-state index contributed by atoms with van der Waals surface area (Å²) in [6.07, 6.45) is 2.81. The Hall–Kier alpha value is -1.40. The molecule has 0 spiro atoms. The van der Waals surface area contributed by atoms with Gasteiger partial charge in [0, 0.05) is 13.7 Å². The SMILES string of the molecule is Cc1nn(C)c(C)c1NC(=O)CN(C)CCCCCO. The highest BCUT2D eigenvalue weighted by Crippen LogP contribution is 2.18. The largest absolute Gasteiger partial charge is 0.396 e. The van der Waals surface area contributed by atoms with E-state index in [1.165, 1.54) is 0 Å². The summed E-state index contributed by atoms with van der Waals surface area (Å²) in [5, 5.41) is 15.9. The van der Waals surface area contributed by atoms with Crippen molar-refractivity contribution in [1.82, 2.24) is 14.7 Å². The zero-order valence-electron chi connectivity index (χ0n) is 12.9. The van der Waals surface area contributed by atoms with E-state index in [4.69, 9.17) is 5.11 Å².